The van der Waals surface area contributed by atoms with Gasteiger partial charge in [0.25, 0.3) is 0 Å². The molecule has 0 aromatic carbocycles. The van der Waals surface area contributed by atoms with Crippen molar-refractivity contribution in [1.29, 1.82) is 0 Å². The van der Waals surface area contributed by atoms with E-state index in [1.165, 1.54) is 6.42 Å². The summed E-state index contributed by atoms with van der Waals surface area (Å²) < 4.78 is 5.23. The number of esters is 1. The Hall–Kier alpha value is -0.610. The zero-order chi connectivity index (χ0) is 11.3. The summed E-state index contributed by atoms with van der Waals surface area (Å²) in [5, 5.41) is 9.36. The van der Waals surface area contributed by atoms with E-state index in [1.54, 1.807) is 0 Å². The number of aliphatic hydroxyl groups is 1. The number of nitrogens with two attached hydrogens (primary N) is 1. The average molecular weight is 215 g/mol. The number of carbonyl (C=O) groups is 1. The molecule has 0 bridgehead atoms. The molecular formula is C11H21NO3. The third-order valence-electron chi connectivity index (χ3n) is 2.88. The zero-order valence-corrected chi connectivity index (χ0v) is 9.32. The molecule has 0 radical (unpaired) electrons. The van der Waals surface area contributed by atoms with Crippen LogP contribution in [0.3, 0.4) is 0 Å². The highest BCUT2D eigenvalue weighted by molar-refractivity contribution is 5.74. The van der Waals surface area contributed by atoms with E-state index in [0.717, 1.165) is 19.3 Å². The van der Waals surface area contributed by atoms with Crippen LogP contribution >= 0.6 is 0 Å². The molecule has 0 aliphatic heterocycles. The summed E-state index contributed by atoms with van der Waals surface area (Å²) >= 11 is 0. The molecule has 0 aromatic heterocycles. The Bertz CT molecular complexity index is 208. The summed E-state index contributed by atoms with van der Waals surface area (Å²) in [5.74, 6) is 0.0998. The topological polar surface area (TPSA) is 72.5 Å². The fourth-order valence-electron chi connectivity index (χ4n) is 2.00. The summed E-state index contributed by atoms with van der Waals surface area (Å²) in [6.45, 7) is 2.47. The second-order valence-corrected chi connectivity index (χ2v) is 4.42. The van der Waals surface area contributed by atoms with Gasteiger partial charge < -0.3 is 15.6 Å². The molecule has 88 valence electrons. The highest BCUT2D eigenvalue weighted by Gasteiger charge is 2.24. The molecule has 1 saturated carbocycles. The first-order valence-electron chi connectivity index (χ1n) is 5.72. The van der Waals surface area contributed by atoms with E-state index in [9.17, 15) is 9.90 Å². The Labute approximate surface area is 90.8 Å². The summed E-state index contributed by atoms with van der Waals surface area (Å²) in [4.78, 5) is 11.4. The minimum absolute atomic E-state index is 0.00586. The molecule has 1 aliphatic rings. The van der Waals surface area contributed by atoms with Crippen molar-refractivity contribution >= 4 is 5.97 Å². The molecule has 1 aliphatic carbocycles. The Morgan fingerprint density at radius 2 is 2.33 bits per heavy atom. The van der Waals surface area contributed by atoms with Crippen molar-refractivity contribution < 1.29 is 14.6 Å². The van der Waals surface area contributed by atoms with Gasteiger partial charge in [0, 0.05) is 0 Å². The lowest BCUT2D eigenvalue weighted by Crippen LogP contribution is -2.32. The number of ether oxygens (including phenoxy) is 1. The van der Waals surface area contributed by atoms with Gasteiger partial charge in [0.05, 0.1) is 0 Å². The predicted octanol–water partition coefficient (Wildman–Crippen LogP) is 0.818. The number of aliphatic hydroxyl groups excluding tert-OH is 1. The lowest BCUT2D eigenvalue weighted by molar-refractivity contribution is -0.161. The first-order valence-corrected chi connectivity index (χ1v) is 5.72. The molecule has 1 fully saturated rings. The van der Waals surface area contributed by atoms with Crippen molar-refractivity contribution in [3.63, 3.8) is 0 Å². The van der Waals surface area contributed by atoms with E-state index in [0.29, 0.717) is 12.5 Å². The number of hydrogen-bond acceptors (Lipinski definition) is 4. The van der Waals surface area contributed by atoms with Crippen molar-refractivity contribution in [1.82, 2.24) is 0 Å². The first kappa shape index (κ1) is 12.5. The number of carbonyl (C=O) groups excluding carboxylic acids is 1. The molecule has 0 saturated heterocycles. The minimum atomic E-state index is -1.05. The van der Waals surface area contributed by atoms with Crippen LogP contribution in [0.2, 0.25) is 0 Å². The highest BCUT2D eigenvalue weighted by Crippen LogP contribution is 2.25. The molecule has 0 heterocycles. The van der Waals surface area contributed by atoms with Gasteiger partial charge in [-0.3, -0.25) is 0 Å². The Morgan fingerprint density at radius 1 is 1.60 bits per heavy atom. The van der Waals surface area contributed by atoms with Gasteiger partial charge in [0.15, 0.2) is 6.10 Å². The summed E-state index contributed by atoms with van der Waals surface area (Å²) in [5.41, 5.74) is 5.25. The summed E-state index contributed by atoms with van der Waals surface area (Å²) in [7, 11) is 0. The van der Waals surface area contributed by atoms with Crippen molar-refractivity contribution in [3.8, 4) is 0 Å². The third-order valence-corrected chi connectivity index (χ3v) is 2.88. The van der Waals surface area contributed by atoms with Gasteiger partial charge in [-0.05, 0) is 38.1 Å². The van der Waals surface area contributed by atoms with Gasteiger partial charge in [-0.2, -0.15) is 0 Å². The SMILES string of the molecule is CC1CCCC(OC(=O)C(O)CCN)C1. The maximum Gasteiger partial charge on any atom is 0.335 e. The molecule has 3 N–H and O–H groups in total. The van der Waals surface area contributed by atoms with Crippen molar-refractivity contribution in [2.24, 2.45) is 11.7 Å². The van der Waals surface area contributed by atoms with Gasteiger partial charge in [0.1, 0.15) is 6.10 Å². The Balaban J connectivity index is 2.30. The van der Waals surface area contributed by atoms with Crippen LogP contribution in [0, 0.1) is 5.92 Å². The van der Waals surface area contributed by atoms with E-state index >= 15 is 0 Å². The van der Waals surface area contributed by atoms with Gasteiger partial charge in [-0.1, -0.05) is 13.3 Å². The Kier molecular flexibility index (Phi) is 5.05. The standard InChI is InChI=1S/C11H21NO3/c1-8-3-2-4-9(7-8)15-11(14)10(13)5-6-12/h8-10,13H,2-7,12H2,1H3. The minimum Gasteiger partial charge on any atom is -0.460 e. The van der Waals surface area contributed by atoms with E-state index in [2.05, 4.69) is 6.92 Å². The van der Waals surface area contributed by atoms with E-state index < -0.39 is 12.1 Å². The van der Waals surface area contributed by atoms with Gasteiger partial charge in [-0.25, -0.2) is 4.79 Å². The zero-order valence-electron chi connectivity index (χ0n) is 9.32. The second kappa shape index (κ2) is 6.08. The fourth-order valence-corrected chi connectivity index (χ4v) is 2.00. The molecule has 0 amide bonds. The van der Waals surface area contributed by atoms with Crippen LogP contribution in [0.1, 0.15) is 39.0 Å². The van der Waals surface area contributed by atoms with Crippen LogP contribution < -0.4 is 5.73 Å². The van der Waals surface area contributed by atoms with Crippen LogP contribution in [0.4, 0.5) is 0 Å². The monoisotopic (exact) mass is 215 g/mol. The van der Waals surface area contributed by atoms with Crippen LogP contribution in [0.5, 0.6) is 0 Å². The number of rotatable bonds is 4. The molecule has 4 nitrogen and oxygen atoms in total. The maximum atomic E-state index is 11.4. The molecule has 4 heteroatoms. The lowest BCUT2D eigenvalue weighted by atomic mass is 9.89. The smallest absolute Gasteiger partial charge is 0.335 e. The third kappa shape index (κ3) is 4.18. The van der Waals surface area contributed by atoms with E-state index in [4.69, 9.17) is 10.5 Å². The van der Waals surface area contributed by atoms with Crippen LogP contribution in [0.25, 0.3) is 0 Å². The predicted molar refractivity (Wildman–Crippen MR) is 57.2 cm³/mol. The molecule has 0 spiro atoms. The molecule has 0 aromatic rings. The Morgan fingerprint density at radius 3 is 2.93 bits per heavy atom. The van der Waals surface area contributed by atoms with Crippen LogP contribution in [-0.4, -0.2) is 29.8 Å². The van der Waals surface area contributed by atoms with Gasteiger partial charge in [0.2, 0.25) is 0 Å². The number of hydrogen-bond donors (Lipinski definition) is 2. The average Bonchev–Trinajstić information content (AvgIpc) is 2.18. The molecule has 1 rings (SSSR count). The van der Waals surface area contributed by atoms with Gasteiger partial charge in [-0.15, -0.1) is 0 Å². The lowest BCUT2D eigenvalue weighted by Gasteiger charge is -2.27. The second-order valence-electron chi connectivity index (χ2n) is 4.42. The highest BCUT2D eigenvalue weighted by atomic mass is 16.6. The molecular weight excluding hydrogens is 194 g/mol. The summed E-state index contributed by atoms with van der Waals surface area (Å²) in [6.07, 6.45) is 3.37. The van der Waals surface area contributed by atoms with E-state index in [1.807, 2.05) is 0 Å². The first-order chi connectivity index (χ1) is 7.13. The van der Waals surface area contributed by atoms with Crippen molar-refractivity contribution in [2.75, 3.05) is 6.54 Å². The molecule has 15 heavy (non-hydrogen) atoms. The van der Waals surface area contributed by atoms with Crippen molar-refractivity contribution in [3.05, 3.63) is 0 Å². The van der Waals surface area contributed by atoms with Crippen LogP contribution in [-0.2, 0) is 9.53 Å². The van der Waals surface area contributed by atoms with E-state index in [-0.39, 0.29) is 12.5 Å². The van der Waals surface area contributed by atoms with Crippen molar-refractivity contribution in [2.45, 2.75) is 51.2 Å². The quantitative estimate of drug-likeness (QED) is 0.681. The molecule has 3 atom stereocenters. The van der Waals surface area contributed by atoms with Crippen LogP contribution in [0.15, 0.2) is 0 Å². The molecule has 3 unspecified atom stereocenters. The largest absolute Gasteiger partial charge is 0.460 e. The maximum absolute atomic E-state index is 11.4. The normalized spacial score (nSPS) is 28.5. The fraction of sp³-hybridized carbons (Fsp3) is 0.909. The summed E-state index contributed by atoms with van der Waals surface area (Å²) in [6, 6.07) is 0. The van der Waals surface area contributed by atoms with Gasteiger partial charge >= 0.3 is 5.97 Å².